The third-order valence-electron chi connectivity index (χ3n) is 6.16. The van der Waals surface area contributed by atoms with E-state index in [0.29, 0.717) is 10.8 Å². The van der Waals surface area contributed by atoms with E-state index in [4.69, 9.17) is 16.3 Å². The maximum absolute atomic E-state index is 14.0. The van der Waals surface area contributed by atoms with Crippen LogP contribution in [0, 0.1) is 6.92 Å². The quantitative estimate of drug-likeness (QED) is 0.353. The molecule has 0 saturated carbocycles. The summed E-state index contributed by atoms with van der Waals surface area (Å²) < 4.78 is 34.0. The fraction of sp³-hybridized carbons (Fsp3) is 0.333. The molecule has 0 fully saturated rings. The average molecular weight is 586 g/mol. The van der Waals surface area contributed by atoms with Crippen molar-refractivity contribution < 1.29 is 22.7 Å². The maximum atomic E-state index is 14.0. The number of anilines is 1. The summed E-state index contributed by atoms with van der Waals surface area (Å²) in [5.41, 5.74) is 1.36. The van der Waals surface area contributed by atoms with E-state index >= 15 is 0 Å². The number of hydrogen-bond acceptors (Lipinski definition) is 5. The standard InChI is InChI=1S/C30H36ClN3O5S/c1-21-10-16-27(17-11-21)40(37,38)34(25-9-7-8-24(31)18-25)20-28(35)33(22(2)29(36)32-30(3,4)5)19-23-12-14-26(39-6)15-13-23/h7-18,22H,19-20H2,1-6H3,(H,32,36)/t22-/m0/s1. The van der Waals surface area contributed by atoms with Gasteiger partial charge in [0.25, 0.3) is 10.0 Å². The van der Waals surface area contributed by atoms with Gasteiger partial charge in [0, 0.05) is 17.1 Å². The number of nitrogens with zero attached hydrogens (tertiary/aromatic N) is 2. The number of methoxy groups -OCH3 is 1. The second-order valence-corrected chi connectivity index (χ2v) is 12.9. The van der Waals surface area contributed by atoms with E-state index in [2.05, 4.69) is 5.32 Å². The fourth-order valence-electron chi connectivity index (χ4n) is 3.98. The number of halogens is 1. The molecular formula is C30H36ClN3O5S. The van der Waals surface area contributed by atoms with E-state index in [1.165, 1.54) is 23.1 Å². The Kier molecular flexibility index (Phi) is 9.87. The zero-order valence-electron chi connectivity index (χ0n) is 23.6. The van der Waals surface area contributed by atoms with E-state index in [1.807, 2.05) is 27.7 Å². The highest BCUT2D eigenvalue weighted by Gasteiger charge is 2.33. The predicted octanol–water partition coefficient (Wildman–Crippen LogP) is 5.18. The first-order chi connectivity index (χ1) is 18.7. The van der Waals surface area contributed by atoms with Gasteiger partial charge in [0.2, 0.25) is 11.8 Å². The van der Waals surface area contributed by atoms with Crippen molar-refractivity contribution in [2.24, 2.45) is 0 Å². The molecule has 0 aromatic heterocycles. The van der Waals surface area contributed by atoms with Gasteiger partial charge >= 0.3 is 0 Å². The Hall–Kier alpha value is -3.56. The van der Waals surface area contributed by atoms with Crippen molar-refractivity contribution in [3.05, 3.63) is 88.9 Å². The Morgan fingerprint density at radius 1 is 1.00 bits per heavy atom. The first-order valence-corrected chi connectivity index (χ1v) is 14.6. The summed E-state index contributed by atoms with van der Waals surface area (Å²) in [5, 5.41) is 3.23. The van der Waals surface area contributed by atoms with Crippen LogP contribution < -0.4 is 14.4 Å². The van der Waals surface area contributed by atoms with Crippen molar-refractivity contribution >= 4 is 39.1 Å². The van der Waals surface area contributed by atoms with Gasteiger partial charge < -0.3 is 15.0 Å². The number of ether oxygens (including phenoxy) is 1. The number of rotatable bonds is 10. The lowest BCUT2D eigenvalue weighted by Gasteiger charge is -2.33. The van der Waals surface area contributed by atoms with E-state index in [0.717, 1.165) is 15.4 Å². The second-order valence-electron chi connectivity index (χ2n) is 10.6. The van der Waals surface area contributed by atoms with Crippen LogP contribution in [0.5, 0.6) is 5.75 Å². The minimum atomic E-state index is -4.16. The fourth-order valence-corrected chi connectivity index (χ4v) is 5.57. The molecule has 0 saturated heterocycles. The van der Waals surface area contributed by atoms with Gasteiger partial charge in [-0.05, 0) is 82.6 Å². The van der Waals surface area contributed by atoms with Crippen molar-refractivity contribution in [1.82, 2.24) is 10.2 Å². The molecule has 2 amide bonds. The third kappa shape index (κ3) is 7.99. The van der Waals surface area contributed by atoms with E-state index in [9.17, 15) is 18.0 Å². The summed E-state index contributed by atoms with van der Waals surface area (Å²) in [4.78, 5) is 28.6. The molecule has 3 rings (SSSR count). The molecule has 0 radical (unpaired) electrons. The molecule has 3 aromatic rings. The monoisotopic (exact) mass is 585 g/mol. The highest BCUT2D eigenvalue weighted by Crippen LogP contribution is 2.27. The highest BCUT2D eigenvalue weighted by atomic mass is 35.5. The van der Waals surface area contributed by atoms with Crippen LogP contribution in [-0.2, 0) is 26.2 Å². The first kappa shape index (κ1) is 31.0. The zero-order valence-corrected chi connectivity index (χ0v) is 25.2. The predicted molar refractivity (Wildman–Crippen MR) is 158 cm³/mol. The summed E-state index contributed by atoms with van der Waals surface area (Å²) in [6.45, 7) is 8.57. The Balaban J connectivity index is 2.03. The lowest BCUT2D eigenvalue weighted by atomic mass is 10.1. The highest BCUT2D eigenvalue weighted by molar-refractivity contribution is 7.92. The molecule has 0 heterocycles. The van der Waals surface area contributed by atoms with E-state index in [1.54, 1.807) is 68.6 Å². The van der Waals surface area contributed by atoms with Gasteiger partial charge in [-0.15, -0.1) is 0 Å². The molecule has 40 heavy (non-hydrogen) atoms. The Morgan fingerprint density at radius 2 is 1.62 bits per heavy atom. The SMILES string of the molecule is COc1ccc(CN(C(=O)CN(c2cccc(Cl)c2)S(=O)(=O)c2ccc(C)cc2)[C@@H](C)C(=O)NC(C)(C)C)cc1. The number of benzene rings is 3. The van der Waals surface area contributed by atoms with Crippen LogP contribution in [0.25, 0.3) is 0 Å². The van der Waals surface area contributed by atoms with Gasteiger partial charge in [-0.3, -0.25) is 13.9 Å². The van der Waals surface area contributed by atoms with Gasteiger partial charge in [-0.2, -0.15) is 0 Å². The Bertz CT molecular complexity index is 1440. The smallest absolute Gasteiger partial charge is 0.264 e. The summed E-state index contributed by atoms with van der Waals surface area (Å²) >= 11 is 6.21. The van der Waals surface area contributed by atoms with Crippen LogP contribution in [0.2, 0.25) is 5.02 Å². The minimum absolute atomic E-state index is 0.0334. The molecule has 0 unspecified atom stereocenters. The van der Waals surface area contributed by atoms with Crippen molar-refractivity contribution in [3.8, 4) is 5.75 Å². The normalized spacial score (nSPS) is 12.4. The van der Waals surface area contributed by atoms with Crippen molar-refractivity contribution in [2.75, 3.05) is 18.0 Å². The lowest BCUT2D eigenvalue weighted by molar-refractivity contribution is -0.140. The number of hydrogen-bond donors (Lipinski definition) is 1. The number of sulfonamides is 1. The molecule has 3 aromatic carbocycles. The minimum Gasteiger partial charge on any atom is -0.497 e. The number of nitrogens with one attached hydrogen (secondary N) is 1. The molecule has 0 aliphatic carbocycles. The molecule has 1 N–H and O–H groups in total. The van der Waals surface area contributed by atoms with E-state index in [-0.39, 0.29) is 23.0 Å². The van der Waals surface area contributed by atoms with Crippen molar-refractivity contribution in [3.63, 3.8) is 0 Å². The van der Waals surface area contributed by atoms with Crippen LogP contribution in [-0.4, -0.2) is 50.4 Å². The number of carbonyl (C=O) groups excluding carboxylic acids is 2. The average Bonchev–Trinajstić information content (AvgIpc) is 2.89. The van der Waals surface area contributed by atoms with Crippen LogP contribution in [0.15, 0.2) is 77.7 Å². The van der Waals surface area contributed by atoms with Crippen LogP contribution >= 0.6 is 11.6 Å². The molecule has 0 spiro atoms. The summed E-state index contributed by atoms with van der Waals surface area (Å²) in [5.74, 6) is -0.260. The largest absolute Gasteiger partial charge is 0.497 e. The van der Waals surface area contributed by atoms with Crippen LogP contribution in [0.4, 0.5) is 5.69 Å². The Morgan fingerprint density at radius 3 is 2.17 bits per heavy atom. The van der Waals surface area contributed by atoms with Gasteiger partial charge in [-0.1, -0.05) is 47.5 Å². The molecule has 0 aliphatic heterocycles. The molecule has 10 heteroatoms. The van der Waals surface area contributed by atoms with Gasteiger partial charge in [0.1, 0.15) is 18.3 Å². The maximum Gasteiger partial charge on any atom is 0.264 e. The molecule has 0 bridgehead atoms. The topological polar surface area (TPSA) is 96.0 Å². The van der Waals surface area contributed by atoms with Gasteiger partial charge in [0.15, 0.2) is 0 Å². The van der Waals surface area contributed by atoms with Crippen LogP contribution in [0.1, 0.15) is 38.8 Å². The van der Waals surface area contributed by atoms with Crippen molar-refractivity contribution in [1.29, 1.82) is 0 Å². The summed E-state index contributed by atoms with van der Waals surface area (Å²) in [7, 11) is -2.60. The molecule has 8 nitrogen and oxygen atoms in total. The molecule has 1 atom stereocenters. The number of carbonyl (C=O) groups is 2. The van der Waals surface area contributed by atoms with Crippen LogP contribution in [0.3, 0.4) is 0 Å². The van der Waals surface area contributed by atoms with E-state index < -0.39 is 34.1 Å². The molecule has 0 aliphatic rings. The Labute approximate surface area is 241 Å². The number of amides is 2. The summed E-state index contributed by atoms with van der Waals surface area (Å²) in [6.07, 6.45) is 0. The first-order valence-electron chi connectivity index (χ1n) is 12.8. The number of aryl methyl sites for hydroxylation is 1. The lowest BCUT2D eigenvalue weighted by Crippen LogP contribution is -2.54. The third-order valence-corrected chi connectivity index (χ3v) is 8.18. The molecular weight excluding hydrogens is 550 g/mol. The van der Waals surface area contributed by atoms with Crippen molar-refractivity contribution in [2.45, 2.75) is 57.6 Å². The summed E-state index contributed by atoms with van der Waals surface area (Å²) in [6, 6.07) is 18.9. The molecule has 214 valence electrons. The zero-order chi connectivity index (χ0) is 29.7. The van der Waals surface area contributed by atoms with Gasteiger partial charge in [-0.25, -0.2) is 8.42 Å². The second kappa shape index (κ2) is 12.7. The van der Waals surface area contributed by atoms with Gasteiger partial charge in [0.05, 0.1) is 17.7 Å².